The van der Waals surface area contributed by atoms with Gasteiger partial charge in [0.25, 0.3) is 0 Å². The number of thiophene rings is 1. The van der Waals surface area contributed by atoms with Crippen molar-refractivity contribution >= 4 is 11.3 Å². The minimum absolute atomic E-state index is 0.442. The van der Waals surface area contributed by atoms with E-state index < -0.39 is 6.10 Å². The van der Waals surface area contributed by atoms with Crippen molar-refractivity contribution in [1.82, 2.24) is 0 Å². The molecule has 20 heavy (non-hydrogen) atoms. The highest BCUT2D eigenvalue weighted by Crippen LogP contribution is 2.28. The van der Waals surface area contributed by atoms with Crippen LogP contribution in [-0.4, -0.2) is 11.7 Å². The molecule has 108 valence electrons. The van der Waals surface area contributed by atoms with Crippen molar-refractivity contribution in [3.8, 4) is 5.75 Å². The van der Waals surface area contributed by atoms with E-state index in [1.807, 2.05) is 24.3 Å². The molecule has 2 nitrogen and oxygen atoms in total. The van der Waals surface area contributed by atoms with E-state index in [4.69, 9.17) is 4.74 Å². The van der Waals surface area contributed by atoms with Crippen LogP contribution in [0.15, 0.2) is 41.8 Å². The van der Waals surface area contributed by atoms with Crippen LogP contribution in [0.4, 0.5) is 0 Å². The molecule has 3 heteroatoms. The Morgan fingerprint density at radius 3 is 2.80 bits per heavy atom. The van der Waals surface area contributed by atoms with Crippen molar-refractivity contribution in [3.63, 3.8) is 0 Å². The molecule has 1 aromatic heterocycles. The lowest BCUT2D eigenvalue weighted by Gasteiger charge is -2.15. The maximum absolute atomic E-state index is 10.4. The summed E-state index contributed by atoms with van der Waals surface area (Å²) in [7, 11) is 0. The van der Waals surface area contributed by atoms with Crippen molar-refractivity contribution in [1.29, 1.82) is 0 Å². The number of aryl methyl sites for hydroxylation is 1. The molecule has 1 heterocycles. The van der Waals surface area contributed by atoms with Crippen molar-refractivity contribution in [2.75, 3.05) is 6.61 Å². The predicted molar refractivity (Wildman–Crippen MR) is 84.4 cm³/mol. The summed E-state index contributed by atoms with van der Waals surface area (Å²) in [4.78, 5) is 1.38. The first-order chi connectivity index (χ1) is 9.81. The van der Waals surface area contributed by atoms with E-state index in [9.17, 15) is 5.11 Å². The number of aliphatic hydroxyl groups excluding tert-OH is 1. The molecule has 0 saturated carbocycles. The molecule has 1 aromatic carbocycles. The molecule has 0 bridgehead atoms. The quantitative estimate of drug-likeness (QED) is 0.770. The minimum atomic E-state index is -0.442. The number of hydrogen-bond donors (Lipinski definition) is 1. The van der Waals surface area contributed by atoms with Crippen molar-refractivity contribution in [3.05, 3.63) is 52.2 Å². The maximum atomic E-state index is 10.4. The molecule has 0 aliphatic heterocycles. The zero-order valence-corrected chi connectivity index (χ0v) is 12.7. The van der Waals surface area contributed by atoms with Crippen molar-refractivity contribution in [2.45, 2.75) is 38.7 Å². The summed E-state index contributed by atoms with van der Waals surface area (Å²) in [5, 5.41) is 12.4. The molecule has 1 N–H and O–H groups in total. The molecule has 2 aromatic rings. The largest absolute Gasteiger partial charge is 0.493 e. The first-order valence-corrected chi connectivity index (χ1v) is 8.11. The van der Waals surface area contributed by atoms with E-state index in [-0.39, 0.29) is 0 Å². The van der Waals surface area contributed by atoms with E-state index in [0.717, 1.165) is 37.0 Å². The van der Waals surface area contributed by atoms with Gasteiger partial charge in [-0.15, -0.1) is 11.3 Å². The molecule has 0 saturated heterocycles. The van der Waals surface area contributed by atoms with E-state index >= 15 is 0 Å². The van der Waals surface area contributed by atoms with Gasteiger partial charge in [-0.1, -0.05) is 31.2 Å². The zero-order chi connectivity index (χ0) is 14.2. The van der Waals surface area contributed by atoms with Gasteiger partial charge in [-0.25, -0.2) is 0 Å². The monoisotopic (exact) mass is 290 g/mol. The number of para-hydroxylation sites is 1. The van der Waals surface area contributed by atoms with Gasteiger partial charge >= 0.3 is 0 Å². The van der Waals surface area contributed by atoms with Crippen LogP contribution >= 0.6 is 11.3 Å². The summed E-state index contributed by atoms with van der Waals surface area (Å²) in [5.74, 6) is 0.818. The van der Waals surface area contributed by atoms with Crippen LogP contribution < -0.4 is 4.74 Å². The molecule has 0 amide bonds. The van der Waals surface area contributed by atoms with Crippen LogP contribution in [-0.2, 0) is 6.42 Å². The fourth-order valence-corrected chi connectivity index (χ4v) is 2.93. The summed E-state index contributed by atoms with van der Waals surface area (Å²) in [5.41, 5.74) is 0.909. The number of hydrogen-bond acceptors (Lipinski definition) is 3. The number of rotatable bonds is 8. The molecule has 2 rings (SSSR count). The molecule has 1 atom stereocenters. The molecular weight excluding hydrogens is 268 g/mol. The van der Waals surface area contributed by atoms with Gasteiger partial charge in [0.15, 0.2) is 0 Å². The van der Waals surface area contributed by atoms with Gasteiger partial charge in [-0.3, -0.25) is 0 Å². The number of aliphatic hydroxyl groups is 1. The normalized spacial score (nSPS) is 12.3. The lowest BCUT2D eigenvalue weighted by atomic mass is 10.0. The second-order valence-electron chi connectivity index (χ2n) is 4.87. The van der Waals surface area contributed by atoms with Crippen molar-refractivity contribution < 1.29 is 9.84 Å². The van der Waals surface area contributed by atoms with Crippen LogP contribution in [0, 0.1) is 0 Å². The maximum Gasteiger partial charge on any atom is 0.125 e. The van der Waals surface area contributed by atoms with E-state index in [2.05, 4.69) is 24.4 Å². The van der Waals surface area contributed by atoms with Gasteiger partial charge in [-0.2, -0.15) is 0 Å². The molecular formula is C17H22O2S. The third-order valence-electron chi connectivity index (χ3n) is 3.22. The number of ether oxygens (including phenoxy) is 1. The van der Waals surface area contributed by atoms with Crippen LogP contribution in [0.25, 0.3) is 0 Å². The fourth-order valence-electron chi connectivity index (χ4n) is 2.18. The lowest BCUT2D eigenvalue weighted by Crippen LogP contribution is -2.04. The Morgan fingerprint density at radius 1 is 1.20 bits per heavy atom. The standard InChI is InChI=1S/C17H22O2S/c1-2-12-19-17-11-4-3-9-15(17)16(18)10-5-7-14-8-6-13-20-14/h3-4,6,8-9,11,13,16,18H,2,5,7,10,12H2,1H3. The predicted octanol–water partition coefficient (Wildman–Crippen LogP) is 4.59. The Labute approximate surface area is 125 Å². The third-order valence-corrected chi connectivity index (χ3v) is 4.16. The molecule has 0 fully saturated rings. The third kappa shape index (κ3) is 4.36. The summed E-state index contributed by atoms with van der Waals surface area (Å²) in [6.07, 6.45) is 3.33. The highest BCUT2D eigenvalue weighted by Gasteiger charge is 2.12. The minimum Gasteiger partial charge on any atom is -0.493 e. The Balaban J connectivity index is 1.89. The molecule has 1 unspecified atom stereocenters. The Hall–Kier alpha value is -1.32. The van der Waals surface area contributed by atoms with Gasteiger partial charge < -0.3 is 9.84 Å². The highest BCUT2D eigenvalue weighted by molar-refractivity contribution is 7.09. The summed E-state index contributed by atoms with van der Waals surface area (Å²) in [6.45, 7) is 2.78. The molecule has 0 spiro atoms. The van der Waals surface area contributed by atoms with Crippen LogP contribution in [0.2, 0.25) is 0 Å². The second-order valence-corrected chi connectivity index (χ2v) is 5.91. The van der Waals surface area contributed by atoms with Gasteiger partial charge in [0.1, 0.15) is 5.75 Å². The van der Waals surface area contributed by atoms with Gasteiger partial charge in [0.05, 0.1) is 12.7 Å². The van der Waals surface area contributed by atoms with Crippen LogP contribution in [0.3, 0.4) is 0 Å². The van der Waals surface area contributed by atoms with E-state index in [0.29, 0.717) is 6.61 Å². The van der Waals surface area contributed by atoms with Crippen LogP contribution in [0.1, 0.15) is 42.7 Å². The Kier molecular flexibility index (Phi) is 6.09. The SMILES string of the molecule is CCCOc1ccccc1C(O)CCCc1cccs1. The Bertz CT molecular complexity index is 493. The summed E-state index contributed by atoms with van der Waals surface area (Å²) in [6, 6.07) is 12.0. The molecule has 0 aliphatic carbocycles. The summed E-state index contributed by atoms with van der Waals surface area (Å²) >= 11 is 1.78. The average Bonchev–Trinajstić information content (AvgIpc) is 2.98. The smallest absolute Gasteiger partial charge is 0.125 e. The van der Waals surface area contributed by atoms with Crippen molar-refractivity contribution in [2.24, 2.45) is 0 Å². The van der Waals surface area contributed by atoms with E-state index in [1.54, 1.807) is 11.3 Å². The number of benzene rings is 1. The zero-order valence-electron chi connectivity index (χ0n) is 11.9. The average molecular weight is 290 g/mol. The first-order valence-electron chi connectivity index (χ1n) is 7.23. The summed E-state index contributed by atoms with van der Waals surface area (Å²) < 4.78 is 5.70. The topological polar surface area (TPSA) is 29.5 Å². The molecule has 0 aliphatic rings. The van der Waals surface area contributed by atoms with Crippen LogP contribution in [0.5, 0.6) is 5.75 Å². The lowest BCUT2D eigenvalue weighted by molar-refractivity contribution is 0.158. The first kappa shape index (κ1) is 15.1. The van der Waals surface area contributed by atoms with Gasteiger partial charge in [0.2, 0.25) is 0 Å². The Morgan fingerprint density at radius 2 is 2.05 bits per heavy atom. The van der Waals surface area contributed by atoms with E-state index in [1.165, 1.54) is 4.88 Å². The van der Waals surface area contributed by atoms with Gasteiger partial charge in [-0.05, 0) is 43.2 Å². The highest BCUT2D eigenvalue weighted by atomic mass is 32.1. The van der Waals surface area contributed by atoms with Gasteiger partial charge in [0, 0.05) is 10.4 Å². The fraction of sp³-hybridized carbons (Fsp3) is 0.412. The molecule has 0 radical (unpaired) electrons. The second kappa shape index (κ2) is 8.08.